The normalized spacial score (nSPS) is 17.1. The number of benzene rings is 1. The third-order valence-corrected chi connectivity index (χ3v) is 7.20. The molecule has 5 amide bonds. The summed E-state index contributed by atoms with van der Waals surface area (Å²) < 4.78 is 6.85. The summed E-state index contributed by atoms with van der Waals surface area (Å²) in [6.45, 7) is 7.14. The Labute approximate surface area is 255 Å². The molecule has 1 aliphatic heterocycles. The van der Waals surface area contributed by atoms with Crippen LogP contribution in [0.25, 0.3) is 0 Å². The molecule has 0 unspecified atom stereocenters. The molecule has 3 aromatic rings. The van der Waals surface area contributed by atoms with Crippen molar-refractivity contribution in [2.75, 3.05) is 17.3 Å². The zero-order chi connectivity index (χ0) is 31.5. The van der Waals surface area contributed by atoms with Crippen LogP contribution in [0.5, 0.6) is 0 Å². The summed E-state index contributed by atoms with van der Waals surface area (Å²) in [4.78, 5) is 59.6. The van der Waals surface area contributed by atoms with E-state index in [0.29, 0.717) is 22.7 Å². The Kier molecular flexibility index (Phi) is 9.39. The predicted molar refractivity (Wildman–Crippen MR) is 162 cm³/mol. The van der Waals surface area contributed by atoms with Crippen LogP contribution >= 0.6 is 11.6 Å². The molecule has 0 saturated carbocycles. The van der Waals surface area contributed by atoms with Crippen molar-refractivity contribution >= 4 is 47.0 Å². The maximum atomic E-state index is 13.8. The van der Waals surface area contributed by atoms with Crippen LogP contribution in [-0.2, 0) is 27.8 Å². The number of aromatic nitrogens is 3. The van der Waals surface area contributed by atoms with Gasteiger partial charge in [0.05, 0.1) is 23.8 Å². The largest absolute Gasteiger partial charge is 0.444 e. The summed E-state index contributed by atoms with van der Waals surface area (Å²) in [6.07, 6.45) is 4.69. The number of anilines is 2. The number of halogens is 1. The number of nitrogens with one attached hydrogen (secondary N) is 2. The molecule has 12 nitrogen and oxygen atoms in total. The van der Waals surface area contributed by atoms with Crippen LogP contribution in [0.15, 0.2) is 55.0 Å². The molecule has 0 bridgehead atoms. The summed E-state index contributed by atoms with van der Waals surface area (Å²) in [5.74, 6) is -1.53. The highest BCUT2D eigenvalue weighted by molar-refractivity contribution is 6.30. The molecule has 0 aliphatic carbocycles. The van der Waals surface area contributed by atoms with Gasteiger partial charge < -0.3 is 15.0 Å². The van der Waals surface area contributed by atoms with Crippen LogP contribution in [0.4, 0.5) is 21.1 Å². The molecule has 1 saturated heterocycles. The molecule has 2 aromatic heterocycles. The second-order valence-corrected chi connectivity index (χ2v) is 11.8. The molecule has 1 fully saturated rings. The maximum absolute atomic E-state index is 13.8. The molecule has 4 rings (SSSR count). The van der Waals surface area contributed by atoms with Crippen LogP contribution in [0.1, 0.15) is 51.3 Å². The molecule has 13 heteroatoms. The van der Waals surface area contributed by atoms with Crippen molar-refractivity contribution in [3.05, 3.63) is 71.1 Å². The smallest absolute Gasteiger partial charge is 0.413 e. The van der Waals surface area contributed by atoms with Gasteiger partial charge >= 0.3 is 12.1 Å². The fourth-order valence-electron chi connectivity index (χ4n) is 4.86. The summed E-state index contributed by atoms with van der Waals surface area (Å²) >= 11 is 6.16. The van der Waals surface area contributed by atoms with Crippen molar-refractivity contribution < 1.29 is 23.9 Å². The molecule has 43 heavy (non-hydrogen) atoms. The Balaban J connectivity index is 1.57. The minimum Gasteiger partial charge on any atom is -0.444 e. The number of imide groups is 1. The number of amides is 5. The third-order valence-electron chi connectivity index (χ3n) is 6.96. The minimum atomic E-state index is -1.08. The van der Waals surface area contributed by atoms with Crippen LogP contribution in [0.3, 0.4) is 0 Å². The lowest BCUT2D eigenvalue weighted by Crippen LogP contribution is -2.70. The second kappa shape index (κ2) is 12.8. The van der Waals surface area contributed by atoms with E-state index in [1.54, 1.807) is 76.1 Å². The highest BCUT2D eigenvalue weighted by Crippen LogP contribution is 2.34. The molecule has 2 N–H and O–H groups in total. The number of nitrogens with zero attached hydrogens (tertiary/aromatic N) is 5. The Morgan fingerprint density at radius 2 is 1.93 bits per heavy atom. The first kappa shape index (κ1) is 31.5. The van der Waals surface area contributed by atoms with E-state index in [-0.39, 0.29) is 12.2 Å². The molecule has 0 spiro atoms. The van der Waals surface area contributed by atoms with Crippen molar-refractivity contribution in [3.8, 4) is 0 Å². The average molecular weight is 610 g/mol. The van der Waals surface area contributed by atoms with Gasteiger partial charge in [0.15, 0.2) is 0 Å². The summed E-state index contributed by atoms with van der Waals surface area (Å²) in [5.41, 5.74) is 1.25. The Bertz CT molecular complexity index is 1520. The van der Waals surface area contributed by atoms with Crippen LogP contribution in [0.2, 0.25) is 5.02 Å². The number of pyridine rings is 1. The van der Waals surface area contributed by atoms with Crippen molar-refractivity contribution in [1.82, 2.24) is 25.0 Å². The summed E-state index contributed by atoms with van der Waals surface area (Å²) in [6, 6.07) is 8.23. The van der Waals surface area contributed by atoms with Gasteiger partial charge in [0, 0.05) is 31.5 Å². The van der Waals surface area contributed by atoms with Gasteiger partial charge in [0.25, 0.3) is 5.91 Å². The second-order valence-electron chi connectivity index (χ2n) is 11.4. The van der Waals surface area contributed by atoms with Crippen LogP contribution < -0.4 is 15.5 Å². The number of urea groups is 1. The fourth-order valence-corrected chi connectivity index (χ4v) is 5.06. The van der Waals surface area contributed by atoms with Gasteiger partial charge in [-0.15, -0.1) is 0 Å². The zero-order valence-corrected chi connectivity index (χ0v) is 25.8. The minimum absolute atomic E-state index is 0.136. The quantitative estimate of drug-likeness (QED) is 0.353. The van der Waals surface area contributed by atoms with Crippen LogP contribution in [0, 0.1) is 5.92 Å². The monoisotopic (exact) mass is 609 g/mol. The molecule has 3 heterocycles. The van der Waals surface area contributed by atoms with Gasteiger partial charge in [-0.25, -0.2) is 14.6 Å². The first-order chi connectivity index (χ1) is 20.3. The SMILES string of the molecule is CC[C@@H](NC(=O)N1C(=O)[C@H](Cc2ccnc(NC(=O)OC(C)(C)C)c2)[C@H]1C(=O)N(C)c1cnn(C)c1)c1cccc(Cl)c1. The molecular weight excluding hydrogens is 574 g/mol. The first-order valence-electron chi connectivity index (χ1n) is 13.9. The number of likely N-dealkylation sites (tertiary alicyclic amines) is 1. The number of β-lactam (4-membered cyclic amide) rings is 1. The molecule has 0 radical (unpaired) electrons. The number of carbonyl (C=O) groups excluding carboxylic acids is 4. The lowest BCUT2D eigenvalue weighted by molar-refractivity contribution is -0.156. The number of hydrogen-bond donors (Lipinski definition) is 2. The van der Waals surface area contributed by atoms with Gasteiger partial charge in [-0.3, -0.25) is 24.5 Å². The molecular formula is C30H36ClN7O5. The van der Waals surface area contributed by atoms with Gasteiger partial charge in [0.1, 0.15) is 17.5 Å². The zero-order valence-electron chi connectivity index (χ0n) is 25.0. The van der Waals surface area contributed by atoms with E-state index < -0.39 is 47.5 Å². The van der Waals surface area contributed by atoms with Gasteiger partial charge in [-0.05, 0) is 69.0 Å². The maximum Gasteiger partial charge on any atom is 0.413 e. The standard InChI is InChI=1S/C30H36ClN7O5/c1-7-23(19-9-8-10-20(31)15-19)34-28(41)38-25(27(40)37(6)21-16-33-36(5)17-21)22(26(38)39)13-18-11-12-32-24(14-18)35-29(42)43-30(2,3)4/h8-12,14-17,22-23,25H,7,13H2,1-6H3,(H,34,41)(H,32,35,42)/t22-,23-,25+/m1/s1. The van der Waals surface area contributed by atoms with Crippen molar-refractivity contribution in [2.45, 2.75) is 58.2 Å². The van der Waals surface area contributed by atoms with E-state index in [1.165, 1.54) is 17.3 Å². The topological polar surface area (TPSA) is 139 Å². The number of hydrogen-bond acceptors (Lipinski definition) is 7. The van der Waals surface area contributed by atoms with Gasteiger partial charge in [-0.2, -0.15) is 5.10 Å². The molecule has 1 aliphatic rings. The van der Waals surface area contributed by atoms with Crippen molar-refractivity contribution in [2.24, 2.45) is 13.0 Å². The number of ether oxygens (including phenoxy) is 1. The predicted octanol–water partition coefficient (Wildman–Crippen LogP) is 4.71. The first-order valence-corrected chi connectivity index (χ1v) is 14.3. The number of rotatable bonds is 8. The van der Waals surface area contributed by atoms with E-state index in [0.717, 1.165) is 10.5 Å². The number of carbonyl (C=O) groups is 4. The Morgan fingerprint density at radius 3 is 2.56 bits per heavy atom. The lowest BCUT2D eigenvalue weighted by Gasteiger charge is -2.46. The Hall–Kier alpha value is -4.45. The molecule has 228 valence electrons. The van der Waals surface area contributed by atoms with E-state index in [9.17, 15) is 19.2 Å². The van der Waals surface area contributed by atoms with Crippen LogP contribution in [-0.4, -0.2) is 62.3 Å². The van der Waals surface area contributed by atoms with Crippen molar-refractivity contribution in [3.63, 3.8) is 0 Å². The average Bonchev–Trinajstić information content (AvgIpc) is 3.37. The fraction of sp³-hybridized carbons (Fsp3) is 0.400. The number of aryl methyl sites for hydroxylation is 1. The van der Waals surface area contributed by atoms with Gasteiger partial charge in [-0.1, -0.05) is 30.7 Å². The van der Waals surface area contributed by atoms with Gasteiger partial charge in [0.2, 0.25) is 5.91 Å². The molecule has 3 atom stereocenters. The molecule has 1 aromatic carbocycles. The third kappa shape index (κ3) is 7.50. The van der Waals surface area contributed by atoms with E-state index >= 15 is 0 Å². The highest BCUT2D eigenvalue weighted by Gasteiger charge is 2.55. The van der Waals surface area contributed by atoms with E-state index in [2.05, 4.69) is 20.7 Å². The van der Waals surface area contributed by atoms with E-state index in [1.807, 2.05) is 13.0 Å². The van der Waals surface area contributed by atoms with E-state index in [4.69, 9.17) is 16.3 Å². The summed E-state index contributed by atoms with van der Waals surface area (Å²) in [5, 5.41) is 10.1. The van der Waals surface area contributed by atoms with Crippen molar-refractivity contribution in [1.29, 1.82) is 0 Å². The summed E-state index contributed by atoms with van der Waals surface area (Å²) in [7, 11) is 3.30. The number of likely N-dealkylation sites (N-methyl/N-ethyl adjacent to an activating group) is 1. The highest BCUT2D eigenvalue weighted by atomic mass is 35.5. The Morgan fingerprint density at radius 1 is 1.19 bits per heavy atom. The lowest BCUT2D eigenvalue weighted by atomic mass is 9.81.